The molecule has 1 unspecified atom stereocenters. The fourth-order valence-electron chi connectivity index (χ4n) is 4.12. The van der Waals surface area contributed by atoms with Gasteiger partial charge in [0.1, 0.15) is 13.2 Å². The minimum atomic E-state index is -0.523. The molecule has 5 rings (SSSR count). The van der Waals surface area contributed by atoms with Crippen LogP contribution in [-0.2, 0) is 16.1 Å². The van der Waals surface area contributed by atoms with Crippen LogP contribution in [0.4, 0.5) is 11.4 Å². The van der Waals surface area contributed by atoms with Crippen LogP contribution in [0, 0.1) is 5.92 Å². The summed E-state index contributed by atoms with van der Waals surface area (Å²) in [5.74, 6) is 0.287. The van der Waals surface area contributed by atoms with Crippen molar-refractivity contribution in [2.75, 3.05) is 30.0 Å². The van der Waals surface area contributed by atoms with Crippen LogP contribution in [0.2, 0.25) is 5.02 Å². The number of halogens is 1. The largest absolute Gasteiger partial charge is 0.486 e. The molecule has 8 nitrogen and oxygen atoms in total. The topological polar surface area (TPSA) is 89.9 Å². The number of hydrogen-bond donors (Lipinski definition) is 1. The summed E-state index contributed by atoms with van der Waals surface area (Å²) in [7, 11) is 0. The van der Waals surface area contributed by atoms with Crippen LogP contribution in [0.1, 0.15) is 12.0 Å². The highest BCUT2D eigenvalue weighted by molar-refractivity contribution is 6.31. The maximum absolute atomic E-state index is 12.9. The second kappa shape index (κ2) is 9.23. The number of carbonyl (C=O) groups is 2. The van der Waals surface area contributed by atoms with E-state index in [1.807, 2.05) is 18.2 Å². The number of anilines is 2. The van der Waals surface area contributed by atoms with Gasteiger partial charge < -0.3 is 24.3 Å². The molecule has 9 heteroatoms. The molecule has 0 radical (unpaired) electrons. The predicted octanol–water partition coefficient (Wildman–Crippen LogP) is 3.31. The number of carbonyl (C=O) groups excluding carboxylic acids is 2. The molecule has 0 saturated carbocycles. The molecular weight excluding hydrogens is 458 g/mol. The standard InChI is InChI=1S/C25H22ClN3O5/c26-20-4-2-1-3-16(20)13-28-15-18(5-8-23(28)30)27-25(32)17-11-24(31)29(14-17)19-6-7-21-22(12-19)34-10-9-33-21/h1-8,12,15,17H,9-11,13-14H2,(H,27,32). The van der Waals surface area contributed by atoms with E-state index < -0.39 is 5.92 Å². The monoisotopic (exact) mass is 479 g/mol. The van der Waals surface area contributed by atoms with Crippen LogP contribution in [0.5, 0.6) is 11.5 Å². The highest BCUT2D eigenvalue weighted by Crippen LogP contribution is 2.36. The summed E-state index contributed by atoms with van der Waals surface area (Å²) in [6, 6.07) is 15.5. The quantitative estimate of drug-likeness (QED) is 0.606. The van der Waals surface area contributed by atoms with Crippen molar-refractivity contribution < 1.29 is 19.1 Å². The SMILES string of the molecule is O=C(Nc1ccc(=O)n(Cc2ccccc2Cl)c1)C1CC(=O)N(c2ccc3c(c2)OCCO3)C1. The van der Waals surface area contributed by atoms with E-state index in [9.17, 15) is 14.4 Å². The Labute approximate surface area is 200 Å². The zero-order valence-corrected chi connectivity index (χ0v) is 19.0. The second-order valence-corrected chi connectivity index (χ2v) is 8.61. The van der Waals surface area contributed by atoms with Gasteiger partial charge in [-0.3, -0.25) is 14.4 Å². The highest BCUT2D eigenvalue weighted by atomic mass is 35.5. The smallest absolute Gasteiger partial charge is 0.250 e. The number of rotatable bonds is 5. The number of fused-ring (bicyclic) bond motifs is 1. The van der Waals surface area contributed by atoms with Crippen molar-refractivity contribution in [2.24, 2.45) is 5.92 Å². The molecule has 1 fully saturated rings. The minimum Gasteiger partial charge on any atom is -0.486 e. The number of nitrogens with one attached hydrogen (secondary N) is 1. The molecule has 1 N–H and O–H groups in total. The molecule has 3 heterocycles. The van der Waals surface area contributed by atoms with Gasteiger partial charge in [-0.1, -0.05) is 29.8 Å². The molecule has 2 aliphatic rings. The van der Waals surface area contributed by atoms with E-state index in [0.717, 1.165) is 5.56 Å². The van der Waals surface area contributed by atoms with Gasteiger partial charge in [-0.05, 0) is 29.8 Å². The van der Waals surface area contributed by atoms with Gasteiger partial charge in [-0.25, -0.2) is 0 Å². The van der Waals surface area contributed by atoms with Crippen LogP contribution in [0.25, 0.3) is 0 Å². The third-order valence-electron chi connectivity index (χ3n) is 5.88. The summed E-state index contributed by atoms with van der Waals surface area (Å²) in [5, 5.41) is 3.40. The third-order valence-corrected chi connectivity index (χ3v) is 6.25. The van der Waals surface area contributed by atoms with Crippen LogP contribution in [0.3, 0.4) is 0 Å². The Hall–Kier alpha value is -3.78. The first-order valence-corrected chi connectivity index (χ1v) is 11.3. The maximum atomic E-state index is 12.9. The molecule has 174 valence electrons. The molecule has 2 aliphatic heterocycles. The molecule has 2 aromatic carbocycles. The Morgan fingerprint density at radius 3 is 2.65 bits per heavy atom. The van der Waals surface area contributed by atoms with E-state index in [0.29, 0.717) is 41.1 Å². The van der Waals surface area contributed by atoms with Crippen LogP contribution in [0.15, 0.2) is 65.6 Å². The van der Waals surface area contributed by atoms with E-state index in [2.05, 4.69) is 5.32 Å². The first-order valence-electron chi connectivity index (χ1n) is 10.9. The summed E-state index contributed by atoms with van der Waals surface area (Å²) in [6.45, 7) is 1.47. The summed E-state index contributed by atoms with van der Waals surface area (Å²) < 4.78 is 12.6. The molecule has 0 spiro atoms. The lowest BCUT2D eigenvalue weighted by molar-refractivity contribution is -0.122. The summed E-state index contributed by atoms with van der Waals surface area (Å²) in [5.41, 5.74) is 1.73. The summed E-state index contributed by atoms with van der Waals surface area (Å²) in [6.07, 6.45) is 1.68. The lowest BCUT2D eigenvalue weighted by Crippen LogP contribution is -2.29. The normalized spacial score (nSPS) is 17.0. The maximum Gasteiger partial charge on any atom is 0.250 e. The molecule has 1 saturated heterocycles. The van der Waals surface area contributed by atoms with Gasteiger partial charge in [0.15, 0.2) is 11.5 Å². The average molecular weight is 480 g/mol. The molecule has 34 heavy (non-hydrogen) atoms. The lowest BCUT2D eigenvalue weighted by Gasteiger charge is -2.22. The molecule has 0 aliphatic carbocycles. The van der Waals surface area contributed by atoms with Crippen molar-refractivity contribution in [1.29, 1.82) is 0 Å². The average Bonchev–Trinajstić information content (AvgIpc) is 3.24. The first-order chi connectivity index (χ1) is 16.5. The summed E-state index contributed by atoms with van der Waals surface area (Å²) in [4.78, 5) is 39.5. The summed E-state index contributed by atoms with van der Waals surface area (Å²) >= 11 is 6.22. The van der Waals surface area contributed by atoms with E-state index in [1.165, 1.54) is 10.6 Å². The second-order valence-electron chi connectivity index (χ2n) is 8.20. The number of hydrogen-bond acceptors (Lipinski definition) is 5. The van der Waals surface area contributed by atoms with E-state index in [1.54, 1.807) is 41.4 Å². The van der Waals surface area contributed by atoms with Gasteiger partial charge in [-0.15, -0.1) is 0 Å². The Kier molecular flexibility index (Phi) is 5.98. The molecule has 1 atom stereocenters. The molecule has 1 aromatic heterocycles. The van der Waals surface area contributed by atoms with Gasteiger partial charge in [0.05, 0.1) is 18.2 Å². The van der Waals surface area contributed by atoms with Crippen molar-refractivity contribution in [3.05, 3.63) is 81.7 Å². The zero-order chi connectivity index (χ0) is 23.7. The molecule has 2 amide bonds. The third kappa shape index (κ3) is 4.49. The minimum absolute atomic E-state index is 0.0968. The first kappa shape index (κ1) is 22.0. The number of amides is 2. The van der Waals surface area contributed by atoms with Gasteiger partial charge >= 0.3 is 0 Å². The van der Waals surface area contributed by atoms with Gasteiger partial charge in [-0.2, -0.15) is 0 Å². The van der Waals surface area contributed by atoms with Gasteiger partial charge in [0, 0.05) is 42.0 Å². The van der Waals surface area contributed by atoms with Crippen LogP contribution in [-0.4, -0.2) is 36.1 Å². The van der Waals surface area contributed by atoms with Crippen molar-refractivity contribution >= 4 is 34.8 Å². The van der Waals surface area contributed by atoms with E-state index >= 15 is 0 Å². The Morgan fingerprint density at radius 2 is 1.82 bits per heavy atom. The van der Waals surface area contributed by atoms with E-state index in [4.69, 9.17) is 21.1 Å². The predicted molar refractivity (Wildman–Crippen MR) is 128 cm³/mol. The fraction of sp³-hybridized carbons (Fsp3) is 0.240. The Bertz CT molecular complexity index is 1320. The number of aromatic nitrogens is 1. The number of ether oxygens (including phenoxy) is 2. The Balaban J connectivity index is 1.28. The van der Waals surface area contributed by atoms with Crippen LogP contribution < -0.4 is 25.2 Å². The fourth-order valence-corrected chi connectivity index (χ4v) is 4.31. The van der Waals surface area contributed by atoms with Gasteiger partial charge in [0.2, 0.25) is 11.8 Å². The number of benzene rings is 2. The van der Waals surface area contributed by atoms with Crippen molar-refractivity contribution in [2.45, 2.75) is 13.0 Å². The zero-order valence-electron chi connectivity index (χ0n) is 18.2. The number of pyridine rings is 1. The van der Waals surface area contributed by atoms with Gasteiger partial charge in [0.25, 0.3) is 5.56 Å². The lowest BCUT2D eigenvalue weighted by atomic mass is 10.1. The molecule has 3 aromatic rings. The van der Waals surface area contributed by atoms with Crippen molar-refractivity contribution in [1.82, 2.24) is 4.57 Å². The van der Waals surface area contributed by atoms with E-state index in [-0.39, 0.29) is 36.9 Å². The Morgan fingerprint density at radius 1 is 1.03 bits per heavy atom. The highest BCUT2D eigenvalue weighted by Gasteiger charge is 2.35. The van der Waals surface area contributed by atoms with Crippen LogP contribution >= 0.6 is 11.6 Å². The van der Waals surface area contributed by atoms with Crippen molar-refractivity contribution in [3.8, 4) is 11.5 Å². The number of nitrogens with zero attached hydrogens (tertiary/aromatic N) is 2. The van der Waals surface area contributed by atoms with Crippen molar-refractivity contribution in [3.63, 3.8) is 0 Å². The molecular formula is C25H22ClN3O5. The molecule has 0 bridgehead atoms.